The molecule has 1 aliphatic rings. The van der Waals surface area contributed by atoms with Crippen LogP contribution in [-0.2, 0) is 4.74 Å². The minimum atomic E-state index is -0.923. The lowest BCUT2D eigenvalue weighted by molar-refractivity contribution is 0.0599. The number of nitrogens with zero attached hydrogens (tertiary/aromatic N) is 3. The summed E-state index contributed by atoms with van der Waals surface area (Å²) >= 11 is 0. The maximum absolute atomic E-state index is 12.2. The van der Waals surface area contributed by atoms with E-state index in [-0.39, 0.29) is 5.95 Å². The summed E-state index contributed by atoms with van der Waals surface area (Å²) in [5, 5.41) is 11.4. The highest BCUT2D eigenvalue weighted by atomic mass is 16.5. The molecule has 2 heterocycles. The number of methoxy groups -OCH3 is 1. The van der Waals surface area contributed by atoms with Crippen LogP contribution < -0.4 is 5.73 Å². The van der Waals surface area contributed by atoms with E-state index in [0.29, 0.717) is 24.2 Å². The molecule has 1 fully saturated rings. The highest BCUT2D eigenvalue weighted by molar-refractivity contribution is 6.05. The van der Waals surface area contributed by atoms with Crippen molar-refractivity contribution in [1.29, 1.82) is 0 Å². The number of aromatic nitrogens is 3. The van der Waals surface area contributed by atoms with Crippen molar-refractivity contribution in [3.63, 3.8) is 0 Å². The number of anilines is 1. The third kappa shape index (κ3) is 3.80. The van der Waals surface area contributed by atoms with Gasteiger partial charge in [-0.15, -0.1) is 0 Å². The van der Waals surface area contributed by atoms with Gasteiger partial charge in [0.05, 0.1) is 18.2 Å². The maximum atomic E-state index is 12.2. The van der Waals surface area contributed by atoms with Gasteiger partial charge >= 0.3 is 5.97 Å². The molecule has 7 nitrogen and oxygen atoms in total. The van der Waals surface area contributed by atoms with Crippen LogP contribution in [0.2, 0.25) is 0 Å². The van der Waals surface area contributed by atoms with E-state index in [1.807, 2.05) is 18.2 Å². The van der Waals surface area contributed by atoms with Crippen LogP contribution in [0.3, 0.4) is 0 Å². The van der Waals surface area contributed by atoms with Crippen LogP contribution in [0, 0.1) is 11.8 Å². The van der Waals surface area contributed by atoms with Crippen molar-refractivity contribution in [1.82, 2.24) is 14.5 Å². The molecule has 0 spiro atoms. The summed E-state index contributed by atoms with van der Waals surface area (Å²) < 4.78 is 6.68. The number of carbonyl (C=O) groups is 1. The number of nitrogen functional groups attached to an aromatic ring is 1. The highest BCUT2D eigenvalue weighted by Gasteiger charge is 2.26. The zero-order valence-corrected chi connectivity index (χ0v) is 16.2. The van der Waals surface area contributed by atoms with Crippen LogP contribution in [0.1, 0.15) is 48.0 Å². The van der Waals surface area contributed by atoms with Gasteiger partial charge in [-0.25, -0.2) is 9.78 Å². The normalized spacial score (nSPS) is 15.5. The molecule has 3 N–H and O–H groups in total. The Bertz CT molecular complexity index is 1130. The van der Waals surface area contributed by atoms with Crippen LogP contribution in [0.4, 0.5) is 5.95 Å². The Morgan fingerprint density at radius 1 is 1.28 bits per heavy atom. The monoisotopic (exact) mass is 390 g/mol. The number of nitrogens with two attached hydrogens (primary N) is 1. The first kappa shape index (κ1) is 19.0. The number of rotatable bonds is 2. The first-order chi connectivity index (χ1) is 14.0. The van der Waals surface area contributed by atoms with E-state index < -0.39 is 11.6 Å². The van der Waals surface area contributed by atoms with E-state index in [1.54, 1.807) is 23.0 Å². The lowest BCUT2D eigenvalue weighted by Crippen LogP contribution is -2.29. The van der Waals surface area contributed by atoms with Gasteiger partial charge in [0.15, 0.2) is 0 Å². The first-order valence-corrected chi connectivity index (χ1v) is 9.57. The van der Waals surface area contributed by atoms with Crippen molar-refractivity contribution in [2.24, 2.45) is 0 Å². The second kappa shape index (κ2) is 7.57. The molecule has 2 aromatic heterocycles. The molecule has 3 aromatic rings. The quantitative estimate of drug-likeness (QED) is 0.515. The molecule has 0 radical (unpaired) electrons. The first-order valence-electron chi connectivity index (χ1n) is 9.57. The summed E-state index contributed by atoms with van der Waals surface area (Å²) in [6.45, 7) is 0. The molecule has 29 heavy (non-hydrogen) atoms. The number of hydrogen-bond acceptors (Lipinski definition) is 6. The van der Waals surface area contributed by atoms with Crippen LogP contribution in [0.15, 0.2) is 36.7 Å². The van der Waals surface area contributed by atoms with E-state index in [2.05, 4.69) is 21.8 Å². The standard InChI is InChI=1S/C22H22N4O3/c1-29-20(27)17-14-26(19-8-12-24-21(23)25-19)18-13-15(5-6-16(17)18)7-11-22(28)9-3-2-4-10-22/h5-6,8,12-14,28H,2-4,9-10H2,1H3,(H2,23,24,25). The van der Waals surface area contributed by atoms with E-state index in [0.717, 1.165) is 35.7 Å². The Balaban J connectivity index is 1.82. The molecule has 7 heteroatoms. The molecular formula is C22H22N4O3. The van der Waals surface area contributed by atoms with Crippen molar-refractivity contribution in [3.8, 4) is 17.7 Å². The summed E-state index contributed by atoms with van der Waals surface area (Å²) in [5.74, 6) is 6.39. The third-order valence-electron chi connectivity index (χ3n) is 5.24. The molecule has 1 saturated carbocycles. The Kier molecular flexibility index (Phi) is 4.95. The zero-order chi connectivity index (χ0) is 20.4. The molecular weight excluding hydrogens is 368 g/mol. The van der Waals surface area contributed by atoms with E-state index >= 15 is 0 Å². The Labute approximate surface area is 168 Å². The highest BCUT2D eigenvalue weighted by Crippen LogP contribution is 2.28. The van der Waals surface area contributed by atoms with Crippen LogP contribution in [-0.4, -0.2) is 38.3 Å². The molecule has 4 rings (SSSR count). The van der Waals surface area contributed by atoms with E-state index in [4.69, 9.17) is 10.5 Å². The SMILES string of the molecule is COC(=O)c1cn(-c2ccnc(N)n2)c2cc(C#CC3(O)CCCCC3)ccc12. The molecule has 1 aliphatic carbocycles. The van der Waals surface area contributed by atoms with E-state index in [1.165, 1.54) is 7.11 Å². The van der Waals surface area contributed by atoms with Crippen molar-refractivity contribution in [2.75, 3.05) is 12.8 Å². The number of esters is 1. The zero-order valence-electron chi connectivity index (χ0n) is 16.2. The lowest BCUT2D eigenvalue weighted by Gasteiger charge is -2.26. The van der Waals surface area contributed by atoms with Gasteiger partial charge in [0.25, 0.3) is 0 Å². The average molecular weight is 390 g/mol. The number of benzene rings is 1. The number of fused-ring (bicyclic) bond motifs is 1. The van der Waals surface area contributed by atoms with Gasteiger partial charge in [0.2, 0.25) is 5.95 Å². The molecule has 148 valence electrons. The number of ether oxygens (including phenoxy) is 1. The number of hydrogen-bond donors (Lipinski definition) is 2. The fourth-order valence-corrected chi connectivity index (χ4v) is 3.71. The van der Waals surface area contributed by atoms with Gasteiger partial charge in [-0.05, 0) is 43.9 Å². The summed E-state index contributed by atoms with van der Waals surface area (Å²) in [6, 6.07) is 7.25. The molecule has 0 saturated heterocycles. The van der Waals surface area contributed by atoms with Crippen molar-refractivity contribution in [3.05, 3.63) is 47.8 Å². The molecule has 0 unspecified atom stereocenters. The summed E-state index contributed by atoms with van der Waals surface area (Å²) in [4.78, 5) is 20.4. The van der Waals surface area contributed by atoms with E-state index in [9.17, 15) is 9.90 Å². The Morgan fingerprint density at radius 2 is 2.07 bits per heavy atom. The smallest absolute Gasteiger partial charge is 0.340 e. The Morgan fingerprint density at radius 3 is 2.79 bits per heavy atom. The predicted molar refractivity (Wildman–Crippen MR) is 110 cm³/mol. The van der Waals surface area contributed by atoms with Gasteiger partial charge < -0.3 is 20.1 Å². The van der Waals surface area contributed by atoms with Crippen LogP contribution >= 0.6 is 0 Å². The molecule has 0 amide bonds. The third-order valence-corrected chi connectivity index (χ3v) is 5.24. The fourth-order valence-electron chi connectivity index (χ4n) is 3.71. The number of aliphatic hydroxyl groups is 1. The number of carbonyl (C=O) groups excluding carboxylic acids is 1. The molecule has 1 aromatic carbocycles. The van der Waals surface area contributed by atoms with Gasteiger partial charge in [0, 0.05) is 23.3 Å². The minimum absolute atomic E-state index is 0.138. The van der Waals surface area contributed by atoms with Gasteiger partial charge in [-0.3, -0.25) is 0 Å². The van der Waals surface area contributed by atoms with Gasteiger partial charge in [-0.1, -0.05) is 24.3 Å². The summed E-state index contributed by atoms with van der Waals surface area (Å²) in [7, 11) is 1.35. The molecule has 0 atom stereocenters. The second-order valence-corrected chi connectivity index (χ2v) is 7.25. The van der Waals surface area contributed by atoms with Crippen molar-refractivity contribution < 1.29 is 14.6 Å². The lowest BCUT2D eigenvalue weighted by atomic mass is 9.85. The Hall–Kier alpha value is -3.37. The minimum Gasteiger partial charge on any atom is -0.465 e. The topological polar surface area (TPSA) is 103 Å². The van der Waals surface area contributed by atoms with Gasteiger partial charge in [-0.2, -0.15) is 4.98 Å². The van der Waals surface area contributed by atoms with Crippen LogP contribution in [0.25, 0.3) is 16.7 Å². The summed E-state index contributed by atoms with van der Waals surface area (Å²) in [5.41, 5.74) is 6.71. The fraction of sp³-hybridized carbons (Fsp3) is 0.318. The second-order valence-electron chi connectivity index (χ2n) is 7.25. The van der Waals surface area contributed by atoms with Crippen molar-refractivity contribution >= 4 is 22.8 Å². The maximum Gasteiger partial charge on any atom is 0.340 e. The largest absolute Gasteiger partial charge is 0.465 e. The molecule has 0 aliphatic heterocycles. The summed E-state index contributed by atoms with van der Waals surface area (Å²) in [6.07, 6.45) is 7.75. The predicted octanol–water partition coefficient (Wildman–Crippen LogP) is 2.84. The van der Waals surface area contributed by atoms with Crippen LogP contribution in [0.5, 0.6) is 0 Å². The molecule has 0 bridgehead atoms. The van der Waals surface area contributed by atoms with Gasteiger partial charge in [0.1, 0.15) is 11.4 Å². The average Bonchev–Trinajstić information content (AvgIpc) is 3.11. The van der Waals surface area contributed by atoms with Crippen molar-refractivity contribution in [2.45, 2.75) is 37.7 Å².